The minimum atomic E-state index is -1.16. The van der Waals surface area contributed by atoms with Crippen LogP contribution in [0.1, 0.15) is 34.1 Å². The van der Waals surface area contributed by atoms with Crippen molar-refractivity contribution in [2.75, 3.05) is 7.11 Å². The smallest absolute Gasteiger partial charge is 0.331 e. The predicted molar refractivity (Wildman–Crippen MR) is 69.4 cm³/mol. The summed E-state index contributed by atoms with van der Waals surface area (Å²) >= 11 is 0. The van der Waals surface area contributed by atoms with Crippen LogP contribution >= 0.6 is 0 Å². The Morgan fingerprint density at radius 2 is 1.68 bits per heavy atom. The summed E-state index contributed by atoms with van der Waals surface area (Å²) < 4.78 is 4.62. The fourth-order valence-corrected chi connectivity index (χ4v) is 1.42. The Morgan fingerprint density at radius 3 is 2.05 bits per heavy atom. The highest BCUT2D eigenvalue weighted by Crippen LogP contribution is 2.09. The topological polar surface area (TPSA) is 92.7 Å². The highest BCUT2D eigenvalue weighted by molar-refractivity contribution is 6.02. The molecule has 0 aromatic carbocycles. The monoisotopic (exact) mass is 271 g/mol. The number of amides is 1. The molecular weight excluding hydrogens is 250 g/mol. The van der Waals surface area contributed by atoms with Crippen LogP contribution in [0.5, 0.6) is 0 Å². The zero-order valence-corrected chi connectivity index (χ0v) is 11.9. The lowest BCUT2D eigenvalue weighted by Crippen LogP contribution is -2.43. The van der Waals surface area contributed by atoms with Crippen LogP contribution in [0.15, 0.2) is 11.1 Å². The first-order valence-electron chi connectivity index (χ1n) is 6.00. The van der Waals surface area contributed by atoms with Crippen LogP contribution < -0.4 is 5.32 Å². The summed E-state index contributed by atoms with van der Waals surface area (Å²) in [4.78, 5) is 34.2. The number of aliphatic carboxylic acids is 1. The van der Waals surface area contributed by atoms with Crippen molar-refractivity contribution in [1.29, 1.82) is 0 Å². The van der Waals surface area contributed by atoms with Crippen LogP contribution in [0.2, 0.25) is 0 Å². The van der Waals surface area contributed by atoms with Crippen molar-refractivity contribution < 1.29 is 24.2 Å². The van der Waals surface area contributed by atoms with Gasteiger partial charge >= 0.3 is 11.9 Å². The second kappa shape index (κ2) is 7.56. The maximum absolute atomic E-state index is 11.9. The SMILES string of the molecule is COC(=O)C(CC(C)C)NC(=O)C(C)=C(C)C(=O)O. The molecule has 1 amide bonds. The quantitative estimate of drug-likeness (QED) is 0.557. The third kappa shape index (κ3) is 5.54. The highest BCUT2D eigenvalue weighted by Gasteiger charge is 2.24. The van der Waals surface area contributed by atoms with Gasteiger partial charge in [0, 0.05) is 11.1 Å². The summed E-state index contributed by atoms with van der Waals surface area (Å²) in [5.74, 6) is -2.08. The van der Waals surface area contributed by atoms with E-state index in [1.54, 1.807) is 0 Å². The van der Waals surface area contributed by atoms with Gasteiger partial charge in [0.1, 0.15) is 6.04 Å². The van der Waals surface area contributed by atoms with Crippen molar-refractivity contribution in [3.05, 3.63) is 11.1 Å². The van der Waals surface area contributed by atoms with E-state index in [2.05, 4.69) is 10.1 Å². The van der Waals surface area contributed by atoms with Gasteiger partial charge < -0.3 is 15.2 Å². The molecule has 2 N–H and O–H groups in total. The van der Waals surface area contributed by atoms with E-state index in [1.807, 2.05) is 13.8 Å². The number of nitrogens with one attached hydrogen (secondary N) is 1. The second-order valence-corrected chi connectivity index (χ2v) is 4.73. The molecule has 19 heavy (non-hydrogen) atoms. The number of ether oxygens (including phenoxy) is 1. The summed E-state index contributed by atoms with van der Waals surface area (Å²) in [6.45, 7) is 6.57. The molecule has 0 radical (unpaired) electrons. The molecule has 1 unspecified atom stereocenters. The molecule has 0 aliphatic rings. The van der Waals surface area contributed by atoms with E-state index in [9.17, 15) is 14.4 Å². The number of methoxy groups -OCH3 is 1. The first kappa shape index (κ1) is 17.2. The van der Waals surface area contributed by atoms with Crippen molar-refractivity contribution in [3.63, 3.8) is 0 Å². The van der Waals surface area contributed by atoms with E-state index in [0.29, 0.717) is 6.42 Å². The fraction of sp³-hybridized carbons (Fsp3) is 0.615. The molecule has 0 saturated heterocycles. The predicted octanol–water partition coefficient (Wildman–Crippen LogP) is 1.11. The highest BCUT2D eigenvalue weighted by atomic mass is 16.5. The van der Waals surface area contributed by atoms with E-state index in [1.165, 1.54) is 21.0 Å². The molecule has 0 aromatic rings. The number of carboxylic acids is 1. The van der Waals surface area contributed by atoms with Gasteiger partial charge in [0.2, 0.25) is 5.91 Å². The lowest BCUT2D eigenvalue weighted by Gasteiger charge is -2.18. The molecule has 0 aliphatic carbocycles. The Kier molecular flexibility index (Phi) is 6.82. The maximum Gasteiger partial charge on any atom is 0.331 e. The molecule has 0 fully saturated rings. The lowest BCUT2D eigenvalue weighted by atomic mass is 10.0. The molecule has 6 nitrogen and oxygen atoms in total. The lowest BCUT2D eigenvalue weighted by molar-refractivity contribution is -0.145. The number of carbonyl (C=O) groups is 3. The number of carboxylic acid groups (broad SMARTS) is 1. The van der Waals surface area contributed by atoms with Gasteiger partial charge in [-0.1, -0.05) is 13.8 Å². The summed E-state index contributed by atoms with van der Waals surface area (Å²) in [5.41, 5.74) is 0.0239. The van der Waals surface area contributed by atoms with Crippen LogP contribution in [-0.4, -0.2) is 36.1 Å². The Morgan fingerprint density at radius 1 is 1.16 bits per heavy atom. The molecular formula is C13H21NO5. The van der Waals surface area contributed by atoms with Crippen LogP contribution in [0, 0.1) is 5.92 Å². The zero-order chi connectivity index (χ0) is 15.2. The molecule has 108 valence electrons. The van der Waals surface area contributed by atoms with Crippen LogP contribution in [0.3, 0.4) is 0 Å². The first-order valence-corrected chi connectivity index (χ1v) is 6.00. The third-order valence-corrected chi connectivity index (χ3v) is 2.72. The zero-order valence-electron chi connectivity index (χ0n) is 11.9. The van der Waals surface area contributed by atoms with Gasteiger partial charge in [0.25, 0.3) is 0 Å². The Bertz CT molecular complexity index is 398. The van der Waals surface area contributed by atoms with Crippen molar-refractivity contribution >= 4 is 17.8 Å². The van der Waals surface area contributed by atoms with E-state index < -0.39 is 23.9 Å². The molecule has 0 aliphatic heterocycles. The van der Waals surface area contributed by atoms with Crippen molar-refractivity contribution in [1.82, 2.24) is 5.32 Å². The molecule has 1 atom stereocenters. The first-order chi connectivity index (χ1) is 8.70. The normalized spacial score (nSPS) is 13.6. The fourth-order valence-electron chi connectivity index (χ4n) is 1.42. The van der Waals surface area contributed by atoms with Crippen molar-refractivity contribution in [2.24, 2.45) is 5.92 Å². The number of esters is 1. The van der Waals surface area contributed by atoms with Crippen LogP contribution in [-0.2, 0) is 19.1 Å². The molecule has 0 bridgehead atoms. The summed E-state index contributed by atoms with van der Waals surface area (Å²) in [6.07, 6.45) is 0.428. The number of hydrogen-bond donors (Lipinski definition) is 2. The summed E-state index contributed by atoms with van der Waals surface area (Å²) in [7, 11) is 1.24. The van der Waals surface area contributed by atoms with Crippen LogP contribution in [0.4, 0.5) is 0 Å². The van der Waals surface area contributed by atoms with E-state index >= 15 is 0 Å². The maximum atomic E-state index is 11.9. The Balaban J connectivity index is 4.96. The summed E-state index contributed by atoms with van der Waals surface area (Å²) in [6, 6.07) is -0.769. The minimum Gasteiger partial charge on any atom is -0.478 e. The molecule has 6 heteroatoms. The van der Waals surface area contributed by atoms with E-state index in [0.717, 1.165) is 0 Å². The van der Waals surface area contributed by atoms with Gasteiger partial charge in [-0.05, 0) is 26.2 Å². The van der Waals surface area contributed by atoms with Gasteiger partial charge in [0.15, 0.2) is 0 Å². The van der Waals surface area contributed by atoms with Crippen molar-refractivity contribution in [2.45, 2.75) is 40.2 Å². The van der Waals surface area contributed by atoms with Gasteiger partial charge in [-0.15, -0.1) is 0 Å². The Labute approximate surface area is 112 Å². The van der Waals surface area contributed by atoms with Gasteiger partial charge in [-0.2, -0.15) is 0 Å². The largest absolute Gasteiger partial charge is 0.478 e. The standard InChI is InChI=1S/C13H21NO5/c1-7(2)6-10(13(18)19-5)14-11(15)8(3)9(4)12(16)17/h7,10H,6H2,1-5H3,(H,14,15)(H,16,17). The van der Waals surface area contributed by atoms with Gasteiger partial charge in [0.05, 0.1) is 7.11 Å². The second-order valence-electron chi connectivity index (χ2n) is 4.73. The Hall–Kier alpha value is -1.85. The number of hydrogen-bond acceptors (Lipinski definition) is 4. The third-order valence-electron chi connectivity index (χ3n) is 2.72. The molecule has 0 heterocycles. The molecule has 0 saturated carbocycles. The van der Waals surface area contributed by atoms with Crippen LogP contribution in [0.25, 0.3) is 0 Å². The van der Waals surface area contributed by atoms with Gasteiger partial charge in [-0.3, -0.25) is 4.79 Å². The van der Waals surface area contributed by atoms with Gasteiger partial charge in [-0.25, -0.2) is 9.59 Å². The number of carbonyl (C=O) groups excluding carboxylic acids is 2. The molecule has 0 rings (SSSR count). The molecule has 0 spiro atoms. The minimum absolute atomic E-state index is 0.0503. The van der Waals surface area contributed by atoms with E-state index in [4.69, 9.17) is 5.11 Å². The van der Waals surface area contributed by atoms with E-state index in [-0.39, 0.29) is 17.1 Å². The summed E-state index contributed by atoms with van der Waals surface area (Å²) in [5, 5.41) is 11.3. The van der Waals surface area contributed by atoms with Crippen molar-refractivity contribution in [3.8, 4) is 0 Å². The average Bonchev–Trinajstić information content (AvgIpc) is 2.34. The molecule has 0 aromatic heterocycles. The average molecular weight is 271 g/mol. The number of rotatable bonds is 6.